The van der Waals surface area contributed by atoms with Crippen molar-refractivity contribution in [3.63, 3.8) is 0 Å². The fourth-order valence-corrected chi connectivity index (χ4v) is 3.15. The van der Waals surface area contributed by atoms with Gasteiger partial charge in [-0.05, 0) is 18.6 Å². The Morgan fingerprint density at radius 2 is 2.20 bits per heavy atom. The molecule has 2 aliphatic rings. The molecule has 2 aliphatic heterocycles. The number of hydrogen-bond acceptors (Lipinski definition) is 5. The van der Waals surface area contributed by atoms with Crippen molar-refractivity contribution in [3.8, 4) is 0 Å². The van der Waals surface area contributed by atoms with Crippen LogP contribution in [-0.4, -0.2) is 67.3 Å². The molecule has 1 aromatic rings. The molecule has 0 saturated carbocycles. The van der Waals surface area contributed by atoms with Crippen molar-refractivity contribution in [2.24, 2.45) is 0 Å². The number of anilines is 1. The highest BCUT2D eigenvalue weighted by Gasteiger charge is 2.28. The van der Waals surface area contributed by atoms with E-state index in [0.717, 1.165) is 50.8 Å². The van der Waals surface area contributed by atoms with E-state index in [2.05, 4.69) is 26.2 Å². The average Bonchev–Trinajstić information content (AvgIpc) is 2.97. The minimum absolute atomic E-state index is 0.700. The summed E-state index contributed by atoms with van der Waals surface area (Å²) in [7, 11) is 1.95. The van der Waals surface area contributed by atoms with Gasteiger partial charge in [0.1, 0.15) is 0 Å². The van der Waals surface area contributed by atoms with Crippen molar-refractivity contribution in [2.75, 3.05) is 51.8 Å². The van der Waals surface area contributed by atoms with E-state index in [0.29, 0.717) is 6.04 Å². The van der Waals surface area contributed by atoms with Crippen LogP contribution in [0.25, 0.3) is 0 Å². The van der Waals surface area contributed by atoms with Crippen LogP contribution in [0.3, 0.4) is 0 Å². The Morgan fingerprint density at radius 1 is 1.35 bits per heavy atom. The Kier molecular flexibility index (Phi) is 4.50. The zero-order chi connectivity index (χ0) is 13.8. The predicted molar refractivity (Wildman–Crippen MR) is 79.9 cm³/mol. The maximum Gasteiger partial charge on any atom is 0.0594 e. The summed E-state index contributed by atoms with van der Waals surface area (Å²) >= 11 is 0. The summed E-state index contributed by atoms with van der Waals surface area (Å²) in [4.78, 5) is 9.57. The molecule has 0 radical (unpaired) electrons. The number of ether oxygens (including phenoxy) is 1. The Hall–Kier alpha value is -1.17. The quantitative estimate of drug-likeness (QED) is 0.889. The van der Waals surface area contributed by atoms with Gasteiger partial charge in [-0.25, -0.2) is 0 Å². The van der Waals surface area contributed by atoms with Crippen LogP contribution in [0.4, 0.5) is 5.69 Å². The number of pyridine rings is 1. The van der Waals surface area contributed by atoms with Crippen LogP contribution < -0.4 is 5.32 Å². The van der Waals surface area contributed by atoms with Gasteiger partial charge in [-0.15, -0.1) is 0 Å². The Labute approximate surface area is 120 Å². The van der Waals surface area contributed by atoms with E-state index in [9.17, 15) is 0 Å². The van der Waals surface area contributed by atoms with Gasteiger partial charge in [0, 0.05) is 57.7 Å². The number of morpholine rings is 1. The van der Waals surface area contributed by atoms with Crippen molar-refractivity contribution in [2.45, 2.75) is 19.0 Å². The van der Waals surface area contributed by atoms with Gasteiger partial charge in [-0.3, -0.25) is 14.8 Å². The third-order valence-electron chi connectivity index (χ3n) is 4.30. The second-order valence-corrected chi connectivity index (χ2v) is 5.61. The van der Waals surface area contributed by atoms with E-state index in [-0.39, 0.29) is 0 Å². The van der Waals surface area contributed by atoms with Gasteiger partial charge in [0.15, 0.2) is 0 Å². The SMILES string of the molecule is CNc1ccnc(CN2CCC(N3CCOCC3)C2)c1. The van der Waals surface area contributed by atoms with Gasteiger partial charge >= 0.3 is 0 Å². The first kappa shape index (κ1) is 13.8. The number of nitrogens with zero attached hydrogens (tertiary/aromatic N) is 3. The number of aromatic nitrogens is 1. The fraction of sp³-hybridized carbons (Fsp3) is 0.667. The molecule has 2 saturated heterocycles. The lowest BCUT2D eigenvalue weighted by molar-refractivity contribution is 0.0183. The van der Waals surface area contributed by atoms with Crippen LogP contribution >= 0.6 is 0 Å². The molecule has 2 fully saturated rings. The molecule has 0 aromatic carbocycles. The van der Waals surface area contributed by atoms with E-state index in [1.807, 2.05) is 19.3 Å². The first-order valence-electron chi connectivity index (χ1n) is 7.52. The van der Waals surface area contributed by atoms with Crippen LogP contribution in [0.15, 0.2) is 18.3 Å². The summed E-state index contributed by atoms with van der Waals surface area (Å²) < 4.78 is 5.44. The average molecular weight is 276 g/mol. The maximum atomic E-state index is 5.44. The van der Waals surface area contributed by atoms with Gasteiger partial charge in [0.05, 0.1) is 18.9 Å². The molecule has 5 nitrogen and oxygen atoms in total. The summed E-state index contributed by atoms with van der Waals surface area (Å²) in [5, 5.41) is 3.17. The second kappa shape index (κ2) is 6.52. The summed E-state index contributed by atoms with van der Waals surface area (Å²) in [6, 6.07) is 4.85. The van der Waals surface area contributed by atoms with Crippen LogP contribution in [-0.2, 0) is 11.3 Å². The zero-order valence-electron chi connectivity index (χ0n) is 12.2. The van der Waals surface area contributed by atoms with Crippen LogP contribution in [0.2, 0.25) is 0 Å². The Bertz CT molecular complexity index is 434. The smallest absolute Gasteiger partial charge is 0.0594 e. The molecule has 3 rings (SSSR count). The third kappa shape index (κ3) is 3.29. The summed E-state index contributed by atoms with van der Waals surface area (Å²) in [5.41, 5.74) is 2.29. The van der Waals surface area contributed by atoms with Crippen LogP contribution in [0.5, 0.6) is 0 Å². The molecular formula is C15H24N4O. The topological polar surface area (TPSA) is 40.6 Å². The van der Waals surface area contributed by atoms with E-state index >= 15 is 0 Å². The predicted octanol–water partition coefficient (Wildman–Crippen LogP) is 1.03. The summed E-state index contributed by atoms with van der Waals surface area (Å²) in [6.45, 7) is 7.25. The minimum Gasteiger partial charge on any atom is -0.388 e. The zero-order valence-corrected chi connectivity index (χ0v) is 12.2. The second-order valence-electron chi connectivity index (χ2n) is 5.61. The summed E-state index contributed by atoms with van der Waals surface area (Å²) in [5.74, 6) is 0. The first-order chi connectivity index (χ1) is 9.85. The molecule has 5 heteroatoms. The molecule has 1 atom stereocenters. The highest BCUT2D eigenvalue weighted by molar-refractivity contribution is 5.42. The van der Waals surface area contributed by atoms with E-state index < -0.39 is 0 Å². The van der Waals surface area contributed by atoms with Crippen LogP contribution in [0.1, 0.15) is 12.1 Å². The summed E-state index contributed by atoms with van der Waals surface area (Å²) in [6.07, 6.45) is 3.16. The molecule has 1 unspecified atom stereocenters. The third-order valence-corrected chi connectivity index (χ3v) is 4.30. The van der Waals surface area contributed by atoms with Gasteiger partial charge in [0.2, 0.25) is 0 Å². The molecular weight excluding hydrogens is 252 g/mol. The number of rotatable bonds is 4. The number of likely N-dealkylation sites (tertiary alicyclic amines) is 1. The molecule has 0 spiro atoms. The van der Waals surface area contributed by atoms with E-state index in [1.54, 1.807) is 0 Å². The molecule has 0 bridgehead atoms. The monoisotopic (exact) mass is 276 g/mol. The lowest BCUT2D eigenvalue weighted by atomic mass is 10.2. The molecule has 1 N–H and O–H groups in total. The number of hydrogen-bond donors (Lipinski definition) is 1. The maximum absolute atomic E-state index is 5.44. The Balaban J connectivity index is 1.54. The number of nitrogens with one attached hydrogen (secondary N) is 1. The van der Waals surface area contributed by atoms with Gasteiger partial charge < -0.3 is 10.1 Å². The molecule has 20 heavy (non-hydrogen) atoms. The van der Waals surface area contributed by atoms with Gasteiger partial charge in [0.25, 0.3) is 0 Å². The molecule has 0 aliphatic carbocycles. The molecule has 3 heterocycles. The van der Waals surface area contributed by atoms with Gasteiger partial charge in [-0.1, -0.05) is 0 Å². The minimum atomic E-state index is 0.700. The van der Waals surface area contributed by atoms with Crippen molar-refractivity contribution < 1.29 is 4.74 Å². The van der Waals surface area contributed by atoms with Crippen molar-refractivity contribution in [1.82, 2.24) is 14.8 Å². The van der Waals surface area contributed by atoms with E-state index in [4.69, 9.17) is 4.74 Å². The Morgan fingerprint density at radius 3 is 3.00 bits per heavy atom. The highest BCUT2D eigenvalue weighted by Crippen LogP contribution is 2.19. The lowest BCUT2D eigenvalue weighted by Gasteiger charge is -2.32. The van der Waals surface area contributed by atoms with Crippen molar-refractivity contribution >= 4 is 5.69 Å². The van der Waals surface area contributed by atoms with Crippen molar-refractivity contribution in [1.29, 1.82) is 0 Å². The molecule has 1 aromatic heterocycles. The molecule has 110 valence electrons. The van der Waals surface area contributed by atoms with Crippen LogP contribution in [0, 0.1) is 0 Å². The highest BCUT2D eigenvalue weighted by atomic mass is 16.5. The largest absolute Gasteiger partial charge is 0.388 e. The lowest BCUT2D eigenvalue weighted by Crippen LogP contribution is -2.44. The normalized spacial score (nSPS) is 24.9. The first-order valence-corrected chi connectivity index (χ1v) is 7.52. The fourth-order valence-electron chi connectivity index (χ4n) is 3.15. The van der Waals surface area contributed by atoms with Gasteiger partial charge in [-0.2, -0.15) is 0 Å². The molecule has 0 amide bonds. The standard InChI is InChI=1S/C15H24N4O/c1-16-13-2-4-17-14(10-13)11-18-5-3-15(12-18)19-6-8-20-9-7-19/h2,4,10,15H,3,5-9,11-12H2,1H3,(H,16,17). The van der Waals surface area contributed by atoms with E-state index in [1.165, 1.54) is 13.0 Å². The van der Waals surface area contributed by atoms with Crippen molar-refractivity contribution in [3.05, 3.63) is 24.0 Å².